The van der Waals surface area contributed by atoms with Gasteiger partial charge in [0, 0.05) is 18.8 Å². The van der Waals surface area contributed by atoms with Gasteiger partial charge in [0.15, 0.2) is 0 Å². The van der Waals surface area contributed by atoms with Crippen molar-refractivity contribution in [2.24, 2.45) is 0 Å². The van der Waals surface area contributed by atoms with Crippen LogP contribution in [-0.4, -0.2) is 52.6 Å². The molecule has 1 rings (SSSR count). The van der Waals surface area contributed by atoms with Crippen LogP contribution in [0.15, 0.2) is 0 Å². The molecule has 2 amide bonds. The fraction of sp³-hybridized carbons (Fsp3) is 0.833. The first kappa shape index (κ1) is 15.1. The molecule has 1 atom stereocenters. The highest BCUT2D eigenvalue weighted by Crippen LogP contribution is 2.10. The lowest BCUT2D eigenvalue weighted by atomic mass is 10.1. The summed E-state index contributed by atoms with van der Waals surface area (Å²) in [4.78, 5) is 24.7. The van der Waals surface area contributed by atoms with E-state index in [0.717, 1.165) is 37.3 Å². The van der Waals surface area contributed by atoms with Gasteiger partial charge in [-0.05, 0) is 18.6 Å². The molecule has 0 aromatic rings. The lowest BCUT2D eigenvalue weighted by molar-refractivity contribution is -0.139. The van der Waals surface area contributed by atoms with E-state index in [-0.39, 0.29) is 6.03 Å². The number of carboxylic acids is 1. The van der Waals surface area contributed by atoms with E-state index in [9.17, 15) is 9.59 Å². The predicted octanol–water partition coefficient (Wildman–Crippen LogP) is 1.78. The van der Waals surface area contributed by atoms with Gasteiger partial charge in [-0.3, -0.25) is 0 Å². The van der Waals surface area contributed by atoms with Gasteiger partial charge in [0.1, 0.15) is 6.04 Å². The molecule has 1 fully saturated rings. The van der Waals surface area contributed by atoms with E-state index in [0.29, 0.717) is 13.0 Å². The Bertz CT molecular complexity index is 278. The van der Waals surface area contributed by atoms with Gasteiger partial charge < -0.3 is 15.3 Å². The highest BCUT2D eigenvalue weighted by molar-refractivity contribution is 7.99. The molecule has 1 heterocycles. The third-order valence-corrected chi connectivity index (χ3v) is 4.00. The van der Waals surface area contributed by atoms with Gasteiger partial charge in [-0.25, -0.2) is 9.59 Å². The number of thioether (sulfide) groups is 1. The average Bonchev–Trinajstić information content (AvgIpc) is 2.62. The number of carbonyl (C=O) groups excluding carboxylic acids is 1. The van der Waals surface area contributed by atoms with Crippen LogP contribution in [0.2, 0.25) is 0 Å². The maximum Gasteiger partial charge on any atom is 0.326 e. The van der Waals surface area contributed by atoms with Crippen LogP contribution in [0.4, 0.5) is 4.79 Å². The molecule has 5 nitrogen and oxygen atoms in total. The minimum Gasteiger partial charge on any atom is -0.480 e. The molecule has 0 saturated carbocycles. The first-order chi connectivity index (χ1) is 8.65. The summed E-state index contributed by atoms with van der Waals surface area (Å²) in [6.07, 6.45) is 3.22. The number of rotatable bonds is 5. The van der Waals surface area contributed by atoms with Crippen molar-refractivity contribution in [1.29, 1.82) is 0 Å². The Balaban J connectivity index is 2.45. The van der Waals surface area contributed by atoms with Crippen molar-refractivity contribution < 1.29 is 14.7 Å². The van der Waals surface area contributed by atoms with Gasteiger partial charge >= 0.3 is 12.0 Å². The van der Waals surface area contributed by atoms with E-state index in [1.165, 1.54) is 0 Å². The van der Waals surface area contributed by atoms with E-state index < -0.39 is 12.0 Å². The monoisotopic (exact) mass is 274 g/mol. The molecule has 0 aromatic heterocycles. The molecular weight excluding hydrogens is 252 g/mol. The summed E-state index contributed by atoms with van der Waals surface area (Å²) in [5, 5.41) is 11.7. The van der Waals surface area contributed by atoms with Crippen LogP contribution in [0.25, 0.3) is 0 Å². The molecule has 104 valence electrons. The van der Waals surface area contributed by atoms with E-state index in [2.05, 4.69) is 5.32 Å². The molecule has 1 aliphatic heterocycles. The fourth-order valence-electron chi connectivity index (χ4n) is 1.86. The Kier molecular flexibility index (Phi) is 6.93. The maximum absolute atomic E-state index is 12.0. The Morgan fingerprint density at radius 3 is 2.83 bits per heavy atom. The van der Waals surface area contributed by atoms with E-state index in [1.807, 2.05) is 18.7 Å². The highest BCUT2D eigenvalue weighted by atomic mass is 32.2. The molecule has 1 saturated heterocycles. The molecule has 0 aliphatic carbocycles. The molecule has 0 bridgehead atoms. The summed E-state index contributed by atoms with van der Waals surface area (Å²) in [5.74, 6) is 1.06. The topological polar surface area (TPSA) is 69.6 Å². The van der Waals surface area contributed by atoms with E-state index in [4.69, 9.17) is 5.11 Å². The Morgan fingerprint density at radius 1 is 1.39 bits per heavy atom. The number of nitrogens with zero attached hydrogens (tertiary/aromatic N) is 1. The second kappa shape index (κ2) is 8.24. The lowest BCUT2D eigenvalue weighted by Gasteiger charge is -2.23. The van der Waals surface area contributed by atoms with Crippen molar-refractivity contribution in [1.82, 2.24) is 10.2 Å². The molecule has 0 radical (unpaired) electrons. The summed E-state index contributed by atoms with van der Waals surface area (Å²) in [5.41, 5.74) is 0. The standard InChI is InChI=1S/C12H22N2O3S/c1-2-3-5-10(11(15)16)13-12(17)14-6-4-8-18-9-7-14/h10H,2-9H2,1H3,(H,13,17)(H,15,16)/t10-/m0/s1. The smallest absolute Gasteiger partial charge is 0.326 e. The van der Waals surface area contributed by atoms with Crippen molar-refractivity contribution in [3.8, 4) is 0 Å². The van der Waals surface area contributed by atoms with Crippen molar-refractivity contribution in [2.75, 3.05) is 24.6 Å². The zero-order valence-corrected chi connectivity index (χ0v) is 11.7. The van der Waals surface area contributed by atoms with Crippen molar-refractivity contribution in [3.63, 3.8) is 0 Å². The number of unbranched alkanes of at least 4 members (excludes halogenated alkanes) is 1. The van der Waals surface area contributed by atoms with Crippen LogP contribution < -0.4 is 5.32 Å². The molecule has 0 aromatic carbocycles. The van der Waals surface area contributed by atoms with E-state index in [1.54, 1.807) is 4.90 Å². The molecular formula is C12H22N2O3S. The Labute approximate surface area is 112 Å². The lowest BCUT2D eigenvalue weighted by Crippen LogP contribution is -2.48. The number of nitrogens with one attached hydrogen (secondary N) is 1. The van der Waals surface area contributed by atoms with Crippen molar-refractivity contribution in [2.45, 2.75) is 38.6 Å². The Hall–Kier alpha value is -0.910. The van der Waals surface area contributed by atoms with Crippen LogP contribution >= 0.6 is 11.8 Å². The molecule has 2 N–H and O–H groups in total. The number of amides is 2. The summed E-state index contributed by atoms with van der Waals surface area (Å²) in [6.45, 7) is 3.43. The van der Waals surface area contributed by atoms with Gasteiger partial charge in [0.25, 0.3) is 0 Å². The van der Waals surface area contributed by atoms with Crippen LogP contribution in [0.5, 0.6) is 0 Å². The molecule has 6 heteroatoms. The number of carboxylic acid groups (broad SMARTS) is 1. The van der Waals surface area contributed by atoms with Crippen LogP contribution in [0.1, 0.15) is 32.6 Å². The van der Waals surface area contributed by atoms with Gasteiger partial charge in [-0.15, -0.1) is 0 Å². The minimum atomic E-state index is -0.944. The summed E-state index contributed by atoms with van der Waals surface area (Å²) in [7, 11) is 0. The van der Waals surface area contributed by atoms with Crippen molar-refractivity contribution in [3.05, 3.63) is 0 Å². The molecule has 0 spiro atoms. The summed E-state index contributed by atoms with van der Waals surface area (Å²) < 4.78 is 0. The second-order valence-electron chi connectivity index (χ2n) is 4.44. The normalized spacial score (nSPS) is 17.9. The third-order valence-electron chi connectivity index (χ3n) is 2.95. The number of carbonyl (C=O) groups is 2. The second-order valence-corrected chi connectivity index (χ2v) is 5.66. The summed E-state index contributed by atoms with van der Waals surface area (Å²) in [6, 6.07) is -0.991. The van der Waals surface area contributed by atoms with Gasteiger partial charge in [-0.2, -0.15) is 11.8 Å². The zero-order valence-electron chi connectivity index (χ0n) is 10.9. The fourth-order valence-corrected chi connectivity index (χ4v) is 2.74. The van der Waals surface area contributed by atoms with E-state index >= 15 is 0 Å². The summed E-state index contributed by atoms with van der Waals surface area (Å²) >= 11 is 1.84. The largest absolute Gasteiger partial charge is 0.480 e. The van der Waals surface area contributed by atoms with Crippen LogP contribution in [0.3, 0.4) is 0 Å². The van der Waals surface area contributed by atoms with Crippen LogP contribution in [0, 0.1) is 0 Å². The third kappa shape index (κ3) is 5.16. The minimum absolute atomic E-state index is 0.235. The highest BCUT2D eigenvalue weighted by Gasteiger charge is 2.23. The average molecular weight is 274 g/mol. The maximum atomic E-state index is 12.0. The van der Waals surface area contributed by atoms with Gasteiger partial charge in [0.05, 0.1) is 0 Å². The first-order valence-electron chi connectivity index (χ1n) is 6.51. The quantitative estimate of drug-likeness (QED) is 0.801. The first-order valence-corrected chi connectivity index (χ1v) is 7.66. The number of hydrogen-bond acceptors (Lipinski definition) is 3. The van der Waals surface area contributed by atoms with Crippen LogP contribution in [-0.2, 0) is 4.79 Å². The molecule has 0 unspecified atom stereocenters. The number of urea groups is 1. The molecule has 18 heavy (non-hydrogen) atoms. The van der Waals surface area contributed by atoms with Gasteiger partial charge in [-0.1, -0.05) is 19.8 Å². The Morgan fingerprint density at radius 2 is 2.17 bits per heavy atom. The predicted molar refractivity (Wildman–Crippen MR) is 73.0 cm³/mol. The molecule has 1 aliphatic rings. The van der Waals surface area contributed by atoms with Gasteiger partial charge in [0.2, 0.25) is 0 Å². The van der Waals surface area contributed by atoms with Crippen molar-refractivity contribution >= 4 is 23.8 Å². The number of hydrogen-bond donors (Lipinski definition) is 2. The number of aliphatic carboxylic acids is 1. The zero-order chi connectivity index (χ0) is 13.4. The SMILES string of the molecule is CCCC[C@H](NC(=O)N1CCCSCC1)C(=O)O.